The molecule has 1 aromatic heterocycles. The van der Waals surface area contributed by atoms with Gasteiger partial charge in [-0.1, -0.05) is 43.5 Å². The van der Waals surface area contributed by atoms with Gasteiger partial charge in [-0.2, -0.15) is 9.97 Å². The molecule has 1 aromatic carbocycles. The normalized spacial score (nSPS) is 17.1. The Balaban J connectivity index is 1.15. The molecule has 4 rings (SSSR count). The van der Waals surface area contributed by atoms with Crippen LogP contribution in [-0.4, -0.2) is 79.9 Å². The number of nitrogens with zero attached hydrogens (tertiary/aromatic N) is 4. The minimum absolute atomic E-state index is 0.492. The first-order chi connectivity index (χ1) is 18.7. The number of hydrogen-bond acceptors (Lipinski definition) is 9. The van der Waals surface area contributed by atoms with Crippen molar-refractivity contribution in [1.82, 2.24) is 25.5 Å². The van der Waals surface area contributed by atoms with Crippen LogP contribution in [0.3, 0.4) is 0 Å². The van der Waals surface area contributed by atoms with Gasteiger partial charge >= 0.3 is 0 Å². The van der Waals surface area contributed by atoms with Crippen LogP contribution in [0, 0.1) is 0 Å². The second kappa shape index (κ2) is 15.8. The number of nitrogen functional groups attached to an aromatic ring is 1. The molecule has 9 heteroatoms. The van der Waals surface area contributed by atoms with Gasteiger partial charge in [-0.25, -0.2) is 0 Å². The average Bonchev–Trinajstić information content (AvgIpc) is 2.95. The number of anilines is 3. The molecule has 2 aromatic rings. The van der Waals surface area contributed by atoms with Crippen LogP contribution in [0.1, 0.15) is 56.6 Å². The summed E-state index contributed by atoms with van der Waals surface area (Å²) in [6.07, 6.45) is 8.08. The lowest BCUT2D eigenvalue weighted by Crippen LogP contribution is -2.47. The lowest BCUT2D eigenvalue weighted by molar-refractivity contribution is 0.111. The fraction of sp³-hybridized carbons (Fsp3) is 0.655. The summed E-state index contributed by atoms with van der Waals surface area (Å²) in [6.45, 7) is 12.1. The van der Waals surface area contributed by atoms with E-state index in [1.54, 1.807) is 0 Å². The summed E-state index contributed by atoms with van der Waals surface area (Å²) in [5.41, 5.74) is 8.62. The highest BCUT2D eigenvalue weighted by atomic mass is 16.5. The zero-order chi connectivity index (χ0) is 26.4. The minimum Gasteiger partial charge on any atom is -0.383 e. The molecule has 0 spiro atoms. The number of benzene rings is 1. The van der Waals surface area contributed by atoms with Crippen LogP contribution in [0.2, 0.25) is 0 Å². The standard InChI is InChI=1S/C29H48N8O/c1-2-38-20-19-36-15-17-37(18-16-36)28-21-27(30)34-29(35-28)33-23-25-11-9-24(10-12-25)22-31-13-6-14-32-26-7-4-3-5-8-26/h9-12,21,26,31-32H,2-8,13-20,22-23H2,1H3,(H3,30,33,34,35). The number of nitrogens with one attached hydrogen (secondary N) is 3. The van der Waals surface area contributed by atoms with Gasteiger partial charge in [-0.05, 0) is 50.4 Å². The molecule has 1 saturated carbocycles. The number of piperazine rings is 1. The SMILES string of the molecule is CCOCCN1CCN(c2cc(N)nc(NCc3ccc(CNCCCNC4CCCCC4)cc3)n2)CC1. The van der Waals surface area contributed by atoms with Crippen molar-refractivity contribution in [3.8, 4) is 0 Å². The van der Waals surface area contributed by atoms with E-state index in [9.17, 15) is 0 Å². The first-order valence-corrected chi connectivity index (χ1v) is 14.6. The Morgan fingerprint density at radius 2 is 1.68 bits per heavy atom. The van der Waals surface area contributed by atoms with Crippen LogP contribution in [-0.2, 0) is 17.8 Å². The summed E-state index contributed by atoms with van der Waals surface area (Å²) in [6, 6.07) is 11.4. The van der Waals surface area contributed by atoms with E-state index in [-0.39, 0.29) is 0 Å². The van der Waals surface area contributed by atoms with Crippen molar-refractivity contribution in [3.05, 3.63) is 41.5 Å². The third-order valence-electron chi connectivity index (χ3n) is 7.56. The van der Waals surface area contributed by atoms with E-state index in [1.807, 2.05) is 13.0 Å². The van der Waals surface area contributed by atoms with Crippen molar-refractivity contribution < 1.29 is 4.74 Å². The lowest BCUT2D eigenvalue weighted by atomic mass is 9.95. The first kappa shape index (κ1) is 28.5. The number of hydrogen-bond donors (Lipinski definition) is 4. The molecule has 1 aliphatic heterocycles. The molecule has 0 atom stereocenters. The Morgan fingerprint density at radius 3 is 2.42 bits per heavy atom. The van der Waals surface area contributed by atoms with Crippen LogP contribution >= 0.6 is 0 Å². The summed E-state index contributed by atoms with van der Waals surface area (Å²) >= 11 is 0. The molecular weight excluding hydrogens is 476 g/mol. The molecule has 2 aliphatic rings. The van der Waals surface area contributed by atoms with Crippen LogP contribution < -0.4 is 26.6 Å². The Kier molecular flexibility index (Phi) is 11.9. The van der Waals surface area contributed by atoms with Gasteiger partial charge in [0.2, 0.25) is 5.95 Å². The molecule has 1 saturated heterocycles. The van der Waals surface area contributed by atoms with Crippen molar-refractivity contribution in [2.45, 2.75) is 64.6 Å². The van der Waals surface area contributed by atoms with Crippen molar-refractivity contribution >= 4 is 17.6 Å². The van der Waals surface area contributed by atoms with Crippen LogP contribution in [0.4, 0.5) is 17.6 Å². The Hall–Kier alpha value is -2.46. The predicted octanol–water partition coefficient (Wildman–Crippen LogP) is 3.23. The highest BCUT2D eigenvalue weighted by molar-refractivity contribution is 5.52. The van der Waals surface area contributed by atoms with E-state index in [0.29, 0.717) is 18.3 Å². The molecule has 0 unspecified atom stereocenters. The molecule has 0 amide bonds. The zero-order valence-corrected chi connectivity index (χ0v) is 23.3. The fourth-order valence-corrected chi connectivity index (χ4v) is 5.25. The van der Waals surface area contributed by atoms with Crippen LogP contribution in [0.15, 0.2) is 30.3 Å². The number of rotatable bonds is 15. The fourth-order valence-electron chi connectivity index (χ4n) is 5.25. The van der Waals surface area contributed by atoms with Crippen LogP contribution in [0.5, 0.6) is 0 Å². The monoisotopic (exact) mass is 524 g/mol. The second-order valence-electron chi connectivity index (χ2n) is 10.5. The van der Waals surface area contributed by atoms with E-state index in [2.05, 4.69) is 55.0 Å². The van der Waals surface area contributed by atoms with E-state index in [0.717, 1.165) is 77.4 Å². The molecule has 1 aliphatic carbocycles. The van der Waals surface area contributed by atoms with Gasteiger partial charge < -0.3 is 31.3 Å². The Labute approximate surface area is 228 Å². The number of aromatic nitrogens is 2. The van der Waals surface area contributed by atoms with Crippen molar-refractivity contribution in [3.63, 3.8) is 0 Å². The quantitative estimate of drug-likeness (QED) is 0.262. The maximum absolute atomic E-state index is 6.12. The van der Waals surface area contributed by atoms with Gasteiger partial charge in [0.1, 0.15) is 11.6 Å². The molecule has 38 heavy (non-hydrogen) atoms. The third kappa shape index (κ3) is 9.69. The molecule has 0 radical (unpaired) electrons. The largest absolute Gasteiger partial charge is 0.383 e. The van der Waals surface area contributed by atoms with E-state index in [4.69, 9.17) is 15.5 Å². The molecule has 5 N–H and O–H groups in total. The van der Waals surface area contributed by atoms with Gasteiger partial charge in [0.15, 0.2) is 0 Å². The van der Waals surface area contributed by atoms with Crippen molar-refractivity contribution in [1.29, 1.82) is 0 Å². The van der Waals surface area contributed by atoms with Crippen molar-refractivity contribution in [2.24, 2.45) is 0 Å². The summed E-state index contributed by atoms with van der Waals surface area (Å²) in [5.74, 6) is 1.96. The Bertz CT molecular complexity index is 927. The molecule has 9 nitrogen and oxygen atoms in total. The van der Waals surface area contributed by atoms with Crippen molar-refractivity contribution in [2.75, 3.05) is 75.0 Å². The first-order valence-electron chi connectivity index (χ1n) is 14.6. The zero-order valence-electron chi connectivity index (χ0n) is 23.3. The summed E-state index contributed by atoms with van der Waals surface area (Å²) < 4.78 is 5.49. The van der Waals surface area contributed by atoms with Gasteiger partial charge in [-0.3, -0.25) is 4.90 Å². The van der Waals surface area contributed by atoms with E-state index in [1.165, 1.54) is 49.7 Å². The molecular formula is C29H48N8O. The second-order valence-corrected chi connectivity index (χ2v) is 10.5. The highest BCUT2D eigenvalue weighted by Crippen LogP contribution is 2.19. The van der Waals surface area contributed by atoms with Gasteiger partial charge in [0.25, 0.3) is 0 Å². The maximum Gasteiger partial charge on any atom is 0.226 e. The number of nitrogens with two attached hydrogens (primary N) is 1. The number of ether oxygens (including phenoxy) is 1. The smallest absolute Gasteiger partial charge is 0.226 e. The predicted molar refractivity (Wildman–Crippen MR) is 157 cm³/mol. The van der Waals surface area contributed by atoms with E-state index >= 15 is 0 Å². The van der Waals surface area contributed by atoms with Crippen LogP contribution in [0.25, 0.3) is 0 Å². The topological polar surface area (TPSA) is 104 Å². The third-order valence-corrected chi connectivity index (χ3v) is 7.56. The minimum atomic E-state index is 0.492. The van der Waals surface area contributed by atoms with Gasteiger partial charge in [-0.15, -0.1) is 0 Å². The summed E-state index contributed by atoms with van der Waals surface area (Å²) in [7, 11) is 0. The molecule has 0 bridgehead atoms. The maximum atomic E-state index is 6.12. The van der Waals surface area contributed by atoms with Gasteiger partial charge in [0.05, 0.1) is 6.61 Å². The summed E-state index contributed by atoms with van der Waals surface area (Å²) in [5, 5.41) is 10.6. The van der Waals surface area contributed by atoms with E-state index < -0.39 is 0 Å². The average molecular weight is 525 g/mol. The molecule has 210 valence electrons. The highest BCUT2D eigenvalue weighted by Gasteiger charge is 2.19. The molecule has 2 heterocycles. The Morgan fingerprint density at radius 1 is 0.947 bits per heavy atom. The van der Waals surface area contributed by atoms with Gasteiger partial charge in [0, 0.05) is 64.5 Å². The lowest BCUT2D eigenvalue weighted by Gasteiger charge is -2.35. The summed E-state index contributed by atoms with van der Waals surface area (Å²) in [4.78, 5) is 13.9. The molecule has 2 fully saturated rings.